The molecule has 0 aromatic heterocycles. The Kier molecular flexibility index (Phi) is 4.75. The number of aliphatic imine (C=N–C) groups is 2. The second-order valence-electron chi connectivity index (χ2n) is 5.11. The highest BCUT2D eigenvalue weighted by atomic mass is 14.9. The lowest BCUT2D eigenvalue weighted by atomic mass is 10.0. The van der Waals surface area contributed by atoms with E-state index in [0.29, 0.717) is 0 Å². The third-order valence-corrected chi connectivity index (χ3v) is 3.56. The van der Waals surface area contributed by atoms with E-state index >= 15 is 0 Å². The summed E-state index contributed by atoms with van der Waals surface area (Å²) in [5.41, 5.74) is 4.10. The normalized spacial score (nSPS) is 11.1. The van der Waals surface area contributed by atoms with Crippen molar-refractivity contribution in [2.45, 2.75) is 0 Å². The predicted molar refractivity (Wildman–Crippen MR) is 97.4 cm³/mol. The lowest BCUT2D eigenvalue weighted by Gasteiger charge is -2.09. The Hall–Kier alpha value is -3.00. The molecule has 0 saturated heterocycles. The standard InChI is InChI=1S/C21H18N2/c1-22-21(19-15-9-4-10-16-19)23-20(17-11-5-2-6-12-17)18-13-7-3-8-14-18/h2-16H,1H3. The molecule has 112 valence electrons. The predicted octanol–water partition coefficient (Wildman–Crippen LogP) is 4.60. The van der Waals surface area contributed by atoms with Crippen LogP contribution in [-0.2, 0) is 0 Å². The fourth-order valence-electron chi connectivity index (χ4n) is 2.42. The molecule has 0 heterocycles. The first kappa shape index (κ1) is 14.9. The molecule has 23 heavy (non-hydrogen) atoms. The van der Waals surface area contributed by atoms with Crippen molar-refractivity contribution >= 4 is 11.5 Å². The monoisotopic (exact) mass is 298 g/mol. The van der Waals surface area contributed by atoms with Crippen molar-refractivity contribution in [1.82, 2.24) is 0 Å². The van der Waals surface area contributed by atoms with Gasteiger partial charge in [0, 0.05) is 23.7 Å². The first-order chi connectivity index (χ1) is 11.4. The summed E-state index contributed by atoms with van der Waals surface area (Å²) >= 11 is 0. The van der Waals surface area contributed by atoms with E-state index in [0.717, 1.165) is 28.2 Å². The molecule has 0 radical (unpaired) electrons. The summed E-state index contributed by atoms with van der Waals surface area (Å²) in [6, 6.07) is 30.5. The molecule has 3 aromatic rings. The van der Waals surface area contributed by atoms with Gasteiger partial charge in [-0.3, -0.25) is 4.99 Å². The average Bonchev–Trinajstić information content (AvgIpc) is 2.65. The molecular formula is C21H18N2. The van der Waals surface area contributed by atoms with Crippen molar-refractivity contribution in [3.8, 4) is 0 Å². The summed E-state index contributed by atoms with van der Waals surface area (Å²) < 4.78 is 0. The molecule has 3 aromatic carbocycles. The number of benzene rings is 3. The summed E-state index contributed by atoms with van der Waals surface area (Å²) in [4.78, 5) is 9.25. The molecule has 0 aliphatic heterocycles. The molecule has 2 nitrogen and oxygen atoms in total. The lowest BCUT2D eigenvalue weighted by Crippen LogP contribution is -2.08. The SMILES string of the molecule is CN=C(N=C(c1ccccc1)c1ccccc1)c1ccccc1. The van der Waals surface area contributed by atoms with Crippen molar-refractivity contribution in [3.63, 3.8) is 0 Å². The van der Waals surface area contributed by atoms with Crippen LogP contribution in [0.4, 0.5) is 0 Å². The number of rotatable bonds is 3. The zero-order chi connectivity index (χ0) is 15.9. The van der Waals surface area contributed by atoms with E-state index in [4.69, 9.17) is 4.99 Å². The largest absolute Gasteiger partial charge is 0.270 e. The highest BCUT2D eigenvalue weighted by Gasteiger charge is 2.09. The van der Waals surface area contributed by atoms with Gasteiger partial charge < -0.3 is 0 Å². The van der Waals surface area contributed by atoms with E-state index in [1.54, 1.807) is 7.05 Å². The quantitative estimate of drug-likeness (QED) is 0.499. The highest BCUT2D eigenvalue weighted by molar-refractivity contribution is 6.19. The first-order valence-electron chi connectivity index (χ1n) is 7.60. The Morgan fingerprint density at radius 1 is 0.565 bits per heavy atom. The maximum atomic E-state index is 4.87. The van der Waals surface area contributed by atoms with Gasteiger partial charge in [-0.1, -0.05) is 91.0 Å². The maximum absolute atomic E-state index is 4.87. The number of amidine groups is 1. The van der Waals surface area contributed by atoms with Crippen LogP contribution in [0.25, 0.3) is 0 Å². The molecule has 0 bridgehead atoms. The van der Waals surface area contributed by atoms with Crippen molar-refractivity contribution in [3.05, 3.63) is 108 Å². The molecule has 0 fully saturated rings. The van der Waals surface area contributed by atoms with Gasteiger partial charge in [0.15, 0.2) is 5.84 Å². The first-order valence-corrected chi connectivity index (χ1v) is 7.60. The fraction of sp³-hybridized carbons (Fsp3) is 0.0476. The average molecular weight is 298 g/mol. The molecule has 0 N–H and O–H groups in total. The summed E-state index contributed by atoms with van der Waals surface area (Å²) in [5.74, 6) is 0.730. The Morgan fingerprint density at radius 2 is 0.957 bits per heavy atom. The van der Waals surface area contributed by atoms with E-state index in [9.17, 15) is 0 Å². The van der Waals surface area contributed by atoms with E-state index in [2.05, 4.69) is 29.3 Å². The molecule has 0 unspecified atom stereocenters. The Morgan fingerprint density at radius 3 is 1.35 bits per heavy atom. The van der Waals surface area contributed by atoms with Gasteiger partial charge in [-0.15, -0.1) is 0 Å². The van der Waals surface area contributed by atoms with Crippen LogP contribution in [0.5, 0.6) is 0 Å². The number of hydrogen-bond donors (Lipinski definition) is 0. The van der Waals surface area contributed by atoms with E-state index < -0.39 is 0 Å². The van der Waals surface area contributed by atoms with Gasteiger partial charge in [0.2, 0.25) is 0 Å². The van der Waals surface area contributed by atoms with Crippen molar-refractivity contribution in [1.29, 1.82) is 0 Å². The van der Waals surface area contributed by atoms with Crippen molar-refractivity contribution in [2.24, 2.45) is 9.98 Å². The minimum Gasteiger partial charge on any atom is -0.270 e. The molecule has 0 aliphatic carbocycles. The van der Waals surface area contributed by atoms with Crippen LogP contribution in [0.3, 0.4) is 0 Å². The maximum Gasteiger partial charge on any atom is 0.154 e. The molecule has 2 heteroatoms. The molecule has 0 aliphatic rings. The highest BCUT2D eigenvalue weighted by Crippen LogP contribution is 2.13. The molecule has 3 rings (SSSR count). The summed E-state index contributed by atoms with van der Waals surface area (Å²) in [6.07, 6.45) is 0. The van der Waals surface area contributed by atoms with Crippen LogP contribution in [0.2, 0.25) is 0 Å². The molecule has 0 amide bonds. The topological polar surface area (TPSA) is 24.7 Å². The number of nitrogens with zero attached hydrogens (tertiary/aromatic N) is 2. The molecule has 0 spiro atoms. The fourth-order valence-corrected chi connectivity index (χ4v) is 2.42. The second-order valence-corrected chi connectivity index (χ2v) is 5.11. The van der Waals surface area contributed by atoms with Gasteiger partial charge in [-0.2, -0.15) is 0 Å². The zero-order valence-electron chi connectivity index (χ0n) is 13.1. The van der Waals surface area contributed by atoms with Crippen LogP contribution < -0.4 is 0 Å². The van der Waals surface area contributed by atoms with Crippen LogP contribution >= 0.6 is 0 Å². The van der Waals surface area contributed by atoms with Crippen LogP contribution in [0.15, 0.2) is 101 Å². The van der Waals surface area contributed by atoms with Gasteiger partial charge in [0.25, 0.3) is 0 Å². The minimum atomic E-state index is 0.730. The minimum absolute atomic E-state index is 0.730. The Balaban J connectivity index is 2.12. The third-order valence-electron chi connectivity index (χ3n) is 3.56. The lowest BCUT2D eigenvalue weighted by molar-refractivity contribution is 1.38. The summed E-state index contributed by atoms with van der Waals surface area (Å²) in [7, 11) is 1.78. The summed E-state index contributed by atoms with van der Waals surface area (Å²) in [5, 5.41) is 0. The van der Waals surface area contributed by atoms with Crippen molar-refractivity contribution < 1.29 is 0 Å². The third kappa shape index (κ3) is 3.61. The zero-order valence-corrected chi connectivity index (χ0v) is 13.1. The van der Waals surface area contributed by atoms with Crippen LogP contribution in [-0.4, -0.2) is 18.6 Å². The van der Waals surface area contributed by atoms with Gasteiger partial charge in [0.05, 0.1) is 5.71 Å². The second kappa shape index (κ2) is 7.32. The Bertz CT molecular complexity index is 763. The van der Waals surface area contributed by atoms with E-state index in [1.807, 2.05) is 66.7 Å². The number of hydrogen-bond acceptors (Lipinski definition) is 1. The molecular weight excluding hydrogens is 280 g/mol. The van der Waals surface area contributed by atoms with E-state index in [1.165, 1.54) is 0 Å². The molecule has 0 atom stereocenters. The van der Waals surface area contributed by atoms with Gasteiger partial charge in [-0.25, -0.2) is 4.99 Å². The Labute approximate surface area is 136 Å². The van der Waals surface area contributed by atoms with Gasteiger partial charge in [-0.05, 0) is 0 Å². The van der Waals surface area contributed by atoms with Crippen LogP contribution in [0.1, 0.15) is 16.7 Å². The van der Waals surface area contributed by atoms with Gasteiger partial charge >= 0.3 is 0 Å². The molecule has 0 saturated carbocycles. The van der Waals surface area contributed by atoms with Crippen LogP contribution in [0, 0.1) is 0 Å². The van der Waals surface area contributed by atoms with E-state index in [-0.39, 0.29) is 0 Å². The smallest absolute Gasteiger partial charge is 0.154 e. The van der Waals surface area contributed by atoms with Gasteiger partial charge in [0.1, 0.15) is 0 Å². The van der Waals surface area contributed by atoms with Crippen molar-refractivity contribution in [2.75, 3.05) is 7.05 Å². The summed E-state index contributed by atoms with van der Waals surface area (Å²) in [6.45, 7) is 0.